The predicted octanol–water partition coefficient (Wildman–Crippen LogP) is 4.38. The summed E-state index contributed by atoms with van der Waals surface area (Å²) < 4.78 is 0. The lowest BCUT2D eigenvalue weighted by molar-refractivity contribution is 0.0933. The van der Waals surface area contributed by atoms with Crippen LogP contribution < -0.4 is 10.6 Å². The zero-order valence-corrected chi connectivity index (χ0v) is 16.0. The van der Waals surface area contributed by atoms with Crippen LogP contribution in [0.1, 0.15) is 70.4 Å². The third-order valence-electron chi connectivity index (χ3n) is 5.28. The summed E-state index contributed by atoms with van der Waals surface area (Å²) in [5.41, 5.74) is 3.29. The molecule has 0 spiro atoms. The molecular formula is C23H28N2O2. The summed E-state index contributed by atoms with van der Waals surface area (Å²) in [4.78, 5) is 25.1. The minimum absolute atomic E-state index is 0.0875. The van der Waals surface area contributed by atoms with E-state index in [0.29, 0.717) is 17.7 Å². The highest BCUT2D eigenvalue weighted by Crippen LogP contribution is 2.18. The molecule has 0 aromatic heterocycles. The smallest absolute Gasteiger partial charge is 0.251 e. The fourth-order valence-corrected chi connectivity index (χ4v) is 3.58. The third kappa shape index (κ3) is 5.43. The van der Waals surface area contributed by atoms with Gasteiger partial charge in [-0.15, -0.1) is 0 Å². The van der Waals surface area contributed by atoms with Gasteiger partial charge >= 0.3 is 0 Å². The van der Waals surface area contributed by atoms with Crippen molar-refractivity contribution < 1.29 is 9.59 Å². The van der Waals surface area contributed by atoms with Crippen molar-refractivity contribution in [2.45, 2.75) is 58.0 Å². The molecule has 1 aliphatic carbocycles. The summed E-state index contributed by atoms with van der Waals surface area (Å²) in [7, 11) is 0. The van der Waals surface area contributed by atoms with Crippen molar-refractivity contribution in [1.82, 2.24) is 10.6 Å². The van der Waals surface area contributed by atoms with Crippen LogP contribution in [0.2, 0.25) is 0 Å². The fraction of sp³-hybridized carbons (Fsp3) is 0.391. The molecule has 0 heterocycles. The van der Waals surface area contributed by atoms with Crippen LogP contribution in [0, 0.1) is 6.92 Å². The van der Waals surface area contributed by atoms with Gasteiger partial charge in [0.05, 0.1) is 0 Å². The number of hydrogen-bond acceptors (Lipinski definition) is 2. The number of carbonyl (C=O) groups is 2. The van der Waals surface area contributed by atoms with E-state index in [1.807, 2.05) is 31.2 Å². The summed E-state index contributed by atoms with van der Waals surface area (Å²) in [5.74, 6) is -0.252. The maximum Gasteiger partial charge on any atom is 0.251 e. The van der Waals surface area contributed by atoms with E-state index in [1.54, 1.807) is 24.3 Å². The van der Waals surface area contributed by atoms with Gasteiger partial charge in [-0.1, -0.05) is 56.0 Å². The minimum atomic E-state index is -0.164. The number of aryl methyl sites for hydroxylation is 1. The Hall–Kier alpha value is -2.62. The molecule has 4 nitrogen and oxygen atoms in total. The Morgan fingerprint density at radius 3 is 2.26 bits per heavy atom. The number of hydrogen-bond donors (Lipinski definition) is 2. The number of rotatable bonds is 5. The van der Waals surface area contributed by atoms with E-state index in [9.17, 15) is 9.59 Å². The molecule has 27 heavy (non-hydrogen) atoms. The molecule has 1 saturated carbocycles. The monoisotopic (exact) mass is 364 g/mol. The fourth-order valence-electron chi connectivity index (χ4n) is 3.58. The molecule has 2 amide bonds. The van der Waals surface area contributed by atoms with E-state index in [4.69, 9.17) is 0 Å². The summed E-state index contributed by atoms with van der Waals surface area (Å²) >= 11 is 0. The maximum absolute atomic E-state index is 12.6. The first-order valence-electron chi connectivity index (χ1n) is 9.87. The quantitative estimate of drug-likeness (QED) is 0.774. The van der Waals surface area contributed by atoms with Gasteiger partial charge in [-0.25, -0.2) is 0 Å². The molecule has 1 aliphatic rings. The standard InChI is InChI=1S/C23H28N2O2/c1-17-9-6-7-10-20(17)16-24-22(26)18-11-8-12-19(15-18)23(27)25-21-13-4-2-3-5-14-21/h6-12,15,21H,2-5,13-14,16H2,1H3,(H,24,26)(H,25,27). The molecule has 2 N–H and O–H groups in total. The molecule has 2 aromatic carbocycles. The molecule has 3 rings (SSSR count). The van der Waals surface area contributed by atoms with Gasteiger partial charge in [0.1, 0.15) is 0 Å². The SMILES string of the molecule is Cc1ccccc1CNC(=O)c1cccc(C(=O)NC2CCCCCC2)c1. The first-order chi connectivity index (χ1) is 13.1. The maximum atomic E-state index is 12.6. The average Bonchev–Trinajstić information content (AvgIpc) is 2.96. The van der Waals surface area contributed by atoms with Gasteiger partial charge in [0.2, 0.25) is 0 Å². The first kappa shape index (κ1) is 19.2. The van der Waals surface area contributed by atoms with Crippen molar-refractivity contribution >= 4 is 11.8 Å². The molecule has 0 saturated heterocycles. The first-order valence-corrected chi connectivity index (χ1v) is 9.87. The normalized spacial score (nSPS) is 15.0. The van der Waals surface area contributed by atoms with E-state index in [0.717, 1.165) is 24.0 Å². The highest BCUT2D eigenvalue weighted by Gasteiger charge is 2.16. The molecule has 4 heteroatoms. The van der Waals surface area contributed by atoms with Crippen molar-refractivity contribution in [3.05, 3.63) is 70.8 Å². The number of amides is 2. The van der Waals surface area contributed by atoms with Gasteiger partial charge in [0.15, 0.2) is 0 Å². The van der Waals surface area contributed by atoms with E-state index in [1.165, 1.54) is 25.7 Å². The Morgan fingerprint density at radius 2 is 1.56 bits per heavy atom. The molecule has 0 atom stereocenters. The van der Waals surface area contributed by atoms with E-state index in [-0.39, 0.29) is 17.9 Å². The van der Waals surface area contributed by atoms with Crippen LogP contribution in [-0.4, -0.2) is 17.9 Å². The largest absolute Gasteiger partial charge is 0.349 e. The second kappa shape index (κ2) is 9.36. The Morgan fingerprint density at radius 1 is 0.889 bits per heavy atom. The molecule has 0 aliphatic heterocycles. The molecule has 0 bridgehead atoms. The summed E-state index contributed by atoms with van der Waals surface area (Å²) in [5, 5.41) is 6.08. The molecule has 142 valence electrons. The van der Waals surface area contributed by atoms with Crippen molar-refractivity contribution in [3.63, 3.8) is 0 Å². The third-order valence-corrected chi connectivity index (χ3v) is 5.28. The van der Waals surface area contributed by atoms with Gasteiger partial charge < -0.3 is 10.6 Å². The van der Waals surface area contributed by atoms with Crippen molar-refractivity contribution in [2.75, 3.05) is 0 Å². The van der Waals surface area contributed by atoms with Gasteiger partial charge in [-0.05, 0) is 49.1 Å². The van der Waals surface area contributed by atoms with Crippen LogP contribution in [0.3, 0.4) is 0 Å². The topological polar surface area (TPSA) is 58.2 Å². The molecule has 1 fully saturated rings. The van der Waals surface area contributed by atoms with E-state index >= 15 is 0 Å². The van der Waals surface area contributed by atoms with E-state index in [2.05, 4.69) is 10.6 Å². The van der Waals surface area contributed by atoms with Crippen LogP contribution in [0.25, 0.3) is 0 Å². The average molecular weight is 364 g/mol. The lowest BCUT2D eigenvalue weighted by Crippen LogP contribution is -2.34. The second-order valence-corrected chi connectivity index (χ2v) is 7.35. The summed E-state index contributed by atoms with van der Waals surface area (Å²) in [6, 6.07) is 15.2. The van der Waals surface area contributed by atoms with Gasteiger partial charge in [-0.2, -0.15) is 0 Å². The lowest BCUT2D eigenvalue weighted by atomic mass is 10.1. The highest BCUT2D eigenvalue weighted by atomic mass is 16.2. The second-order valence-electron chi connectivity index (χ2n) is 7.35. The molecule has 0 unspecified atom stereocenters. The Bertz CT molecular complexity index is 792. The number of benzene rings is 2. The van der Waals surface area contributed by atoms with Crippen molar-refractivity contribution in [3.8, 4) is 0 Å². The number of carbonyl (C=O) groups excluding carboxylic acids is 2. The number of nitrogens with one attached hydrogen (secondary N) is 2. The van der Waals surface area contributed by atoms with E-state index < -0.39 is 0 Å². The molecule has 2 aromatic rings. The minimum Gasteiger partial charge on any atom is -0.349 e. The molecule has 0 radical (unpaired) electrons. The van der Waals surface area contributed by atoms with Crippen molar-refractivity contribution in [2.24, 2.45) is 0 Å². The zero-order valence-electron chi connectivity index (χ0n) is 16.0. The predicted molar refractivity (Wildman–Crippen MR) is 108 cm³/mol. The summed E-state index contributed by atoms with van der Waals surface area (Å²) in [6.45, 7) is 2.50. The molecular weight excluding hydrogens is 336 g/mol. The lowest BCUT2D eigenvalue weighted by Gasteiger charge is -2.16. The van der Waals surface area contributed by atoms with Gasteiger partial charge in [0, 0.05) is 23.7 Å². The zero-order chi connectivity index (χ0) is 19.1. The van der Waals surface area contributed by atoms with Crippen molar-refractivity contribution in [1.29, 1.82) is 0 Å². The van der Waals surface area contributed by atoms with Crippen LogP contribution in [0.15, 0.2) is 48.5 Å². The highest BCUT2D eigenvalue weighted by molar-refractivity contribution is 5.99. The summed E-state index contributed by atoms with van der Waals surface area (Å²) in [6.07, 6.45) is 6.94. The van der Waals surface area contributed by atoms with Gasteiger partial charge in [-0.3, -0.25) is 9.59 Å². The Labute approximate surface area is 161 Å². The van der Waals surface area contributed by atoms with Crippen LogP contribution in [0.5, 0.6) is 0 Å². The Kier molecular flexibility index (Phi) is 6.64. The Balaban J connectivity index is 1.61. The van der Waals surface area contributed by atoms with Gasteiger partial charge in [0.25, 0.3) is 11.8 Å². The van der Waals surface area contributed by atoms with Crippen LogP contribution >= 0.6 is 0 Å². The van der Waals surface area contributed by atoms with Crippen LogP contribution in [0.4, 0.5) is 0 Å². The van der Waals surface area contributed by atoms with Crippen LogP contribution in [-0.2, 0) is 6.54 Å².